The fourth-order valence-electron chi connectivity index (χ4n) is 3.70. The SMILES string of the molecule is CC(C)Cn1c(=O)c(N2CCN(C(=O)Nc3ccccc3Cl)CC2)nc2ccncc21. The van der Waals surface area contributed by atoms with Crippen LogP contribution in [0.5, 0.6) is 0 Å². The van der Waals surface area contributed by atoms with Crippen molar-refractivity contribution < 1.29 is 4.79 Å². The van der Waals surface area contributed by atoms with Crippen LogP contribution < -0.4 is 15.8 Å². The molecule has 1 fully saturated rings. The number of carbonyl (C=O) groups is 1. The Labute approximate surface area is 185 Å². The first-order chi connectivity index (χ1) is 14.9. The van der Waals surface area contributed by atoms with Crippen LogP contribution in [0.15, 0.2) is 47.5 Å². The Bertz CT molecular complexity index is 1150. The summed E-state index contributed by atoms with van der Waals surface area (Å²) in [6.07, 6.45) is 3.37. The minimum absolute atomic E-state index is 0.122. The number of nitrogens with zero attached hydrogens (tertiary/aromatic N) is 5. The number of aromatic nitrogens is 3. The van der Waals surface area contributed by atoms with Crippen molar-refractivity contribution in [2.45, 2.75) is 20.4 Å². The Balaban J connectivity index is 1.52. The van der Waals surface area contributed by atoms with Gasteiger partial charge in [-0.05, 0) is 24.1 Å². The zero-order valence-corrected chi connectivity index (χ0v) is 18.3. The number of urea groups is 1. The maximum absolute atomic E-state index is 13.2. The zero-order valence-electron chi connectivity index (χ0n) is 17.6. The number of hydrogen-bond donors (Lipinski definition) is 1. The van der Waals surface area contributed by atoms with Crippen molar-refractivity contribution in [1.82, 2.24) is 19.4 Å². The summed E-state index contributed by atoms with van der Waals surface area (Å²) in [5, 5.41) is 3.34. The predicted molar refractivity (Wildman–Crippen MR) is 123 cm³/mol. The number of rotatable bonds is 4. The summed E-state index contributed by atoms with van der Waals surface area (Å²) in [5.74, 6) is 0.729. The molecule has 2 aromatic heterocycles. The zero-order chi connectivity index (χ0) is 22.0. The van der Waals surface area contributed by atoms with Gasteiger partial charge in [-0.15, -0.1) is 0 Å². The summed E-state index contributed by atoms with van der Waals surface area (Å²) in [7, 11) is 0. The average molecular weight is 441 g/mol. The molecule has 0 unspecified atom stereocenters. The third-order valence-electron chi connectivity index (χ3n) is 5.26. The number of hydrogen-bond acceptors (Lipinski definition) is 5. The van der Waals surface area contributed by atoms with E-state index in [-0.39, 0.29) is 11.6 Å². The highest BCUT2D eigenvalue weighted by Gasteiger charge is 2.25. The maximum Gasteiger partial charge on any atom is 0.322 e. The first kappa shape index (κ1) is 21.1. The standard InChI is InChI=1S/C22H25ClN6O2/c1-15(2)14-29-19-13-24-8-7-18(19)25-20(21(29)30)27-9-11-28(12-10-27)22(31)26-17-6-4-3-5-16(17)23/h3-8,13,15H,9-12,14H2,1-2H3,(H,26,31). The second kappa shape index (κ2) is 8.93. The van der Waals surface area contributed by atoms with Crippen LogP contribution in [0.2, 0.25) is 5.02 Å². The number of amides is 2. The van der Waals surface area contributed by atoms with Crippen molar-refractivity contribution in [2.75, 3.05) is 36.4 Å². The van der Waals surface area contributed by atoms with Gasteiger partial charge in [0.05, 0.1) is 27.9 Å². The third-order valence-corrected chi connectivity index (χ3v) is 5.59. The summed E-state index contributed by atoms with van der Waals surface area (Å²) in [6, 6.07) is 8.75. The highest BCUT2D eigenvalue weighted by molar-refractivity contribution is 6.33. The smallest absolute Gasteiger partial charge is 0.322 e. The number of carbonyl (C=O) groups excluding carboxylic acids is 1. The van der Waals surface area contributed by atoms with Gasteiger partial charge >= 0.3 is 6.03 Å². The molecule has 1 aromatic carbocycles. The topological polar surface area (TPSA) is 83.4 Å². The van der Waals surface area contributed by atoms with Crippen molar-refractivity contribution >= 4 is 40.2 Å². The van der Waals surface area contributed by atoms with Gasteiger partial charge in [-0.2, -0.15) is 0 Å². The van der Waals surface area contributed by atoms with E-state index >= 15 is 0 Å². The minimum atomic E-state index is -0.206. The Kier molecular flexibility index (Phi) is 6.08. The lowest BCUT2D eigenvalue weighted by molar-refractivity contribution is 0.208. The van der Waals surface area contributed by atoms with Gasteiger partial charge in [0, 0.05) is 38.9 Å². The molecular weight excluding hydrogens is 416 g/mol. The number of pyridine rings is 1. The second-order valence-electron chi connectivity index (χ2n) is 7.99. The van der Waals surface area contributed by atoms with E-state index in [0.717, 1.165) is 11.0 Å². The largest absolute Gasteiger partial charge is 0.348 e. The molecule has 0 radical (unpaired) electrons. The molecule has 1 aliphatic rings. The molecule has 162 valence electrons. The Morgan fingerprint density at radius 1 is 1.16 bits per heavy atom. The first-order valence-electron chi connectivity index (χ1n) is 10.3. The van der Waals surface area contributed by atoms with Crippen LogP contribution in [0.4, 0.5) is 16.3 Å². The monoisotopic (exact) mass is 440 g/mol. The van der Waals surface area contributed by atoms with Crippen molar-refractivity contribution in [3.05, 3.63) is 58.1 Å². The van der Waals surface area contributed by atoms with Gasteiger partial charge in [-0.3, -0.25) is 9.78 Å². The van der Waals surface area contributed by atoms with Gasteiger partial charge in [0.1, 0.15) is 0 Å². The lowest BCUT2D eigenvalue weighted by Crippen LogP contribution is -2.51. The van der Waals surface area contributed by atoms with Crippen molar-refractivity contribution in [3.8, 4) is 0 Å². The summed E-state index contributed by atoms with van der Waals surface area (Å²) >= 11 is 6.14. The Morgan fingerprint density at radius 3 is 2.61 bits per heavy atom. The number of anilines is 2. The van der Waals surface area contributed by atoms with Crippen LogP contribution in [-0.4, -0.2) is 51.6 Å². The van der Waals surface area contributed by atoms with Crippen LogP contribution in [0.1, 0.15) is 13.8 Å². The van der Waals surface area contributed by atoms with Gasteiger partial charge in [-0.1, -0.05) is 37.6 Å². The van der Waals surface area contributed by atoms with Gasteiger partial charge in [-0.25, -0.2) is 9.78 Å². The lowest BCUT2D eigenvalue weighted by Gasteiger charge is -2.35. The fourth-order valence-corrected chi connectivity index (χ4v) is 3.89. The van der Waals surface area contributed by atoms with Crippen molar-refractivity contribution in [3.63, 3.8) is 0 Å². The van der Waals surface area contributed by atoms with Crippen molar-refractivity contribution in [2.24, 2.45) is 5.92 Å². The molecule has 3 heterocycles. The van der Waals surface area contributed by atoms with Gasteiger partial charge < -0.3 is 19.7 Å². The molecule has 9 heteroatoms. The summed E-state index contributed by atoms with van der Waals surface area (Å²) < 4.78 is 1.76. The molecule has 8 nitrogen and oxygen atoms in total. The van der Waals surface area contributed by atoms with E-state index < -0.39 is 0 Å². The number of para-hydroxylation sites is 1. The quantitative estimate of drug-likeness (QED) is 0.671. The highest BCUT2D eigenvalue weighted by Crippen LogP contribution is 2.21. The molecule has 1 aliphatic heterocycles. The Morgan fingerprint density at radius 2 is 1.90 bits per heavy atom. The number of fused-ring (bicyclic) bond motifs is 1. The maximum atomic E-state index is 13.2. The van der Waals surface area contributed by atoms with Crippen LogP contribution in [-0.2, 0) is 6.54 Å². The van der Waals surface area contributed by atoms with E-state index in [4.69, 9.17) is 11.6 Å². The molecule has 0 atom stereocenters. The number of benzene rings is 1. The summed E-state index contributed by atoms with van der Waals surface area (Å²) in [4.78, 5) is 38.3. The van der Waals surface area contributed by atoms with Crippen LogP contribution >= 0.6 is 11.6 Å². The molecule has 4 rings (SSSR count). The van der Waals surface area contributed by atoms with Gasteiger partial charge in [0.2, 0.25) is 0 Å². The minimum Gasteiger partial charge on any atom is -0.348 e. The molecular formula is C22H25ClN6O2. The van der Waals surface area contributed by atoms with Crippen LogP contribution in [0, 0.1) is 5.92 Å². The number of halogens is 1. The molecule has 31 heavy (non-hydrogen) atoms. The van der Waals surface area contributed by atoms with E-state index in [1.807, 2.05) is 23.1 Å². The van der Waals surface area contributed by atoms with E-state index in [1.54, 1.807) is 34.0 Å². The summed E-state index contributed by atoms with van der Waals surface area (Å²) in [6.45, 7) is 6.76. The molecule has 0 aliphatic carbocycles. The molecule has 3 aromatic rings. The molecule has 0 saturated carbocycles. The van der Waals surface area contributed by atoms with Crippen LogP contribution in [0.3, 0.4) is 0 Å². The predicted octanol–water partition coefficient (Wildman–Crippen LogP) is 3.46. The van der Waals surface area contributed by atoms with Gasteiger partial charge in [0.15, 0.2) is 5.82 Å². The molecule has 0 spiro atoms. The number of piperazine rings is 1. The summed E-state index contributed by atoms with van der Waals surface area (Å²) in [5.41, 5.74) is 1.94. The fraction of sp³-hybridized carbons (Fsp3) is 0.364. The van der Waals surface area contributed by atoms with E-state index in [2.05, 4.69) is 29.1 Å². The normalized spacial score (nSPS) is 14.3. The van der Waals surface area contributed by atoms with Crippen molar-refractivity contribution in [1.29, 1.82) is 0 Å². The third kappa shape index (κ3) is 4.49. The highest BCUT2D eigenvalue weighted by atomic mass is 35.5. The Hall–Kier alpha value is -3.13. The van der Waals surface area contributed by atoms with E-state index in [9.17, 15) is 9.59 Å². The lowest BCUT2D eigenvalue weighted by atomic mass is 10.2. The second-order valence-corrected chi connectivity index (χ2v) is 8.40. The van der Waals surface area contributed by atoms with Crippen LogP contribution in [0.25, 0.3) is 11.0 Å². The van der Waals surface area contributed by atoms with E-state index in [0.29, 0.717) is 55.2 Å². The molecule has 1 saturated heterocycles. The number of nitrogens with one attached hydrogen (secondary N) is 1. The molecule has 0 bridgehead atoms. The first-order valence-corrected chi connectivity index (χ1v) is 10.7. The van der Waals surface area contributed by atoms with Gasteiger partial charge in [0.25, 0.3) is 5.56 Å². The molecule has 1 N–H and O–H groups in total. The molecule has 2 amide bonds. The van der Waals surface area contributed by atoms with E-state index in [1.165, 1.54) is 0 Å². The average Bonchev–Trinajstić information content (AvgIpc) is 2.77.